The van der Waals surface area contributed by atoms with Crippen molar-refractivity contribution >= 4 is 44.3 Å². The van der Waals surface area contributed by atoms with Crippen LogP contribution >= 0.6 is 22.9 Å². The Hall–Kier alpha value is -3.60. The maximum absolute atomic E-state index is 14.5. The van der Waals surface area contributed by atoms with Crippen molar-refractivity contribution in [2.45, 2.75) is 13.0 Å². The zero-order valence-electron chi connectivity index (χ0n) is 18.2. The Morgan fingerprint density at radius 1 is 1.21 bits per heavy atom. The first kappa shape index (κ1) is 23.6. The summed E-state index contributed by atoms with van der Waals surface area (Å²) in [4.78, 5) is 17.5. The number of aromatic nitrogens is 1. The third-order valence-corrected chi connectivity index (χ3v) is 6.77. The summed E-state index contributed by atoms with van der Waals surface area (Å²) in [7, 11) is 1.51. The fourth-order valence-corrected chi connectivity index (χ4v) is 4.71. The Morgan fingerprint density at radius 3 is 2.68 bits per heavy atom. The molecule has 172 valence electrons. The minimum Gasteiger partial charge on any atom is -0.497 e. The smallest absolute Gasteiger partial charge is 0.382 e. The molecule has 4 aromatic rings. The summed E-state index contributed by atoms with van der Waals surface area (Å²) in [6, 6.07) is 17.8. The molecule has 5 nitrogen and oxygen atoms in total. The standard InChI is InChI=1S/C26H20ClFN2O3S/c1-33-20-11-10-19(22(28)15-20)13-14-30(26-29-23-4-2-3-21(27)25(23)34-26)16-18-7-5-17(6-8-18)9-12-24(31)32/h2-8,10-11,15H,13-14,16H2,1H3,(H,31,32). The van der Waals surface area contributed by atoms with Crippen molar-refractivity contribution < 1.29 is 19.0 Å². The van der Waals surface area contributed by atoms with E-state index in [2.05, 4.69) is 16.7 Å². The van der Waals surface area contributed by atoms with Crippen molar-refractivity contribution in [3.05, 3.63) is 88.2 Å². The first-order valence-corrected chi connectivity index (χ1v) is 11.6. The minimum atomic E-state index is -1.17. The number of benzene rings is 3. The van der Waals surface area contributed by atoms with Gasteiger partial charge in [0.05, 0.1) is 22.3 Å². The van der Waals surface area contributed by atoms with Crippen molar-refractivity contribution in [3.8, 4) is 17.6 Å². The molecule has 0 spiro atoms. The molecular formula is C26H20ClFN2O3S. The molecule has 1 N–H and O–H groups in total. The molecule has 0 saturated heterocycles. The van der Waals surface area contributed by atoms with Gasteiger partial charge < -0.3 is 14.7 Å². The topological polar surface area (TPSA) is 62.7 Å². The molecule has 0 bridgehead atoms. The number of carboxylic acid groups (broad SMARTS) is 1. The molecule has 0 aliphatic carbocycles. The normalized spacial score (nSPS) is 10.6. The maximum atomic E-state index is 14.5. The summed E-state index contributed by atoms with van der Waals surface area (Å²) >= 11 is 7.86. The van der Waals surface area contributed by atoms with Crippen molar-refractivity contribution in [1.29, 1.82) is 0 Å². The Bertz CT molecular complexity index is 1390. The SMILES string of the molecule is COc1ccc(CCN(Cc2ccc(C#CC(=O)O)cc2)c2nc3cccc(Cl)c3s2)c(F)c1. The molecule has 34 heavy (non-hydrogen) atoms. The van der Waals surface area contributed by atoms with Gasteiger partial charge in [-0.05, 0) is 47.9 Å². The molecule has 4 rings (SSSR count). The van der Waals surface area contributed by atoms with Crippen molar-refractivity contribution in [3.63, 3.8) is 0 Å². The zero-order valence-corrected chi connectivity index (χ0v) is 19.8. The second-order valence-corrected chi connectivity index (χ2v) is 8.85. The van der Waals surface area contributed by atoms with Crippen LogP contribution in [0.2, 0.25) is 5.02 Å². The summed E-state index contributed by atoms with van der Waals surface area (Å²) < 4.78 is 20.5. The van der Waals surface area contributed by atoms with Gasteiger partial charge in [0.25, 0.3) is 0 Å². The number of carboxylic acids is 1. The predicted molar refractivity (Wildman–Crippen MR) is 133 cm³/mol. The average Bonchev–Trinajstić information content (AvgIpc) is 3.27. The second-order valence-electron chi connectivity index (χ2n) is 7.47. The van der Waals surface area contributed by atoms with Crippen LogP contribution in [0.1, 0.15) is 16.7 Å². The molecule has 1 aromatic heterocycles. The third-order valence-electron chi connectivity index (χ3n) is 5.18. The molecule has 0 radical (unpaired) electrons. The number of hydrogen-bond donors (Lipinski definition) is 1. The maximum Gasteiger partial charge on any atom is 0.382 e. The van der Waals surface area contributed by atoms with E-state index >= 15 is 0 Å². The third kappa shape index (κ3) is 5.66. The van der Waals surface area contributed by atoms with Gasteiger partial charge in [-0.2, -0.15) is 0 Å². The van der Waals surface area contributed by atoms with Gasteiger partial charge in [0.2, 0.25) is 0 Å². The largest absolute Gasteiger partial charge is 0.497 e. The highest BCUT2D eigenvalue weighted by atomic mass is 35.5. The lowest BCUT2D eigenvalue weighted by Crippen LogP contribution is -2.25. The van der Waals surface area contributed by atoms with Crippen LogP contribution in [0, 0.1) is 17.7 Å². The van der Waals surface area contributed by atoms with Crippen LogP contribution in [0.5, 0.6) is 5.75 Å². The summed E-state index contributed by atoms with van der Waals surface area (Å²) in [5, 5.41) is 10.2. The summed E-state index contributed by atoms with van der Waals surface area (Å²) in [5.41, 5.74) is 3.00. The number of anilines is 1. The number of nitrogens with zero attached hydrogens (tertiary/aromatic N) is 2. The van der Waals surface area contributed by atoms with Gasteiger partial charge in [-0.25, -0.2) is 14.2 Å². The van der Waals surface area contributed by atoms with E-state index in [4.69, 9.17) is 26.4 Å². The number of carbonyl (C=O) groups is 1. The Morgan fingerprint density at radius 2 is 2.00 bits per heavy atom. The Balaban J connectivity index is 1.60. The van der Waals surface area contributed by atoms with E-state index in [0.29, 0.717) is 41.4 Å². The second kappa shape index (κ2) is 10.6. The van der Waals surface area contributed by atoms with Crippen LogP contribution < -0.4 is 9.64 Å². The van der Waals surface area contributed by atoms with E-state index in [1.807, 2.05) is 30.3 Å². The van der Waals surface area contributed by atoms with E-state index < -0.39 is 5.97 Å². The van der Waals surface area contributed by atoms with Crippen LogP contribution in [-0.4, -0.2) is 29.7 Å². The van der Waals surface area contributed by atoms with Crippen LogP contribution in [0.15, 0.2) is 60.7 Å². The van der Waals surface area contributed by atoms with E-state index in [1.54, 1.807) is 24.3 Å². The summed E-state index contributed by atoms with van der Waals surface area (Å²) in [6.45, 7) is 1.06. The lowest BCUT2D eigenvalue weighted by Gasteiger charge is -2.22. The Labute approximate surface area is 205 Å². The fourth-order valence-electron chi connectivity index (χ4n) is 3.43. The molecule has 0 unspecified atom stereocenters. The van der Waals surface area contributed by atoms with Crippen LogP contribution in [0.4, 0.5) is 9.52 Å². The summed E-state index contributed by atoms with van der Waals surface area (Å²) in [5.74, 6) is 3.71. The molecule has 0 fully saturated rings. The van der Waals surface area contributed by atoms with Crippen LogP contribution in [0.25, 0.3) is 10.2 Å². The number of thiazole rings is 1. The van der Waals surface area contributed by atoms with E-state index in [1.165, 1.54) is 24.5 Å². The highest BCUT2D eigenvalue weighted by Crippen LogP contribution is 2.34. The number of halogens is 2. The average molecular weight is 495 g/mol. The molecule has 0 saturated carbocycles. The van der Waals surface area contributed by atoms with Crippen molar-refractivity contribution in [2.75, 3.05) is 18.6 Å². The predicted octanol–water partition coefficient (Wildman–Crippen LogP) is 5.78. The van der Waals surface area contributed by atoms with Gasteiger partial charge >= 0.3 is 5.97 Å². The van der Waals surface area contributed by atoms with Gasteiger partial charge in [0.1, 0.15) is 11.6 Å². The molecule has 0 amide bonds. The van der Waals surface area contributed by atoms with Crippen molar-refractivity contribution in [1.82, 2.24) is 4.98 Å². The molecule has 0 aliphatic heterocycles. The molecule has 0 atom stereocenters. The van der Waals surface area contributed by atoms with Gasteiger partial charge in [-0.15, -0.1) is 0 Å². The van der Waals surface area contributed by atoms with E-state index in [0.717, 1.165) is 20.9 Å². The zero-order chi connectivity index (χ0) is 24.1. The monoisotopic (exact) mass is 494 g/mol. The number of hydrogen-bond acceptors (Lipinski definition) is 5. The molecular weight excluding hydrogens is 475 g/mol. The molecule has 3 aromatic carbocycles. The Kier molecular flexibility index (Phi) is 7.31. The number of aliphatic carboxylic acids is 1. The molecule has 0 aliphatic rings. The number of methoxy groups -OCH3 is 1. The number of fused-ring (bicyclic) bond motifs is 1. The van der Waals surface area contributed by atoms with Gasteiger partial charge in [0, 0.05) is 30.6 Å². The minimum absolute atomic E-state index is 0.312. The van der Waals surface area contributed by atoms with Crippen molar-refractivity contribution in [2.24, 2.45) is 0 Å². The molecule has 8 heteroatoms. The van der Waals surface area contributed by atoms with E-state index in [9.17, 15) is 9.18 Å². The molecule has 1 heterocycles. The van der Waals surface area contributed by atoms with Crippen LogP contribution in [-0.2, 0) is 17.8 Å². The first-order chi connectivity index (χ1) is 16.4. The van der Waals surface area contributed by atoms with Crippen LogP contribution in [0.3, 0.4) is 0 Å². The van der Waals surface area contributed by atoms with Gasteiger partial charge in [-0.3, -0.25) is 0 Å². The lowest BCUT2D eigenvalue weighted by atomic mass is 10.1. The van der Waals surface area contributed by atoms with E-state index in [-0.39, 0.29) is 5.82 Å². The fraction of sp³-hybridized carbons (Fsp3) is 0.154. The highest BCUT2D eigenvalue weighted by Gasteiger charge is 2.16. The lowest BCUT2D eigenvalue weighted by molar-refractivity contribution is -0.130. The van der Waals surface area contributed by atoms with Gasteiger partial charge in [0.15, 0.2) is 5.13 Å². The number of ether oxygens (including phenoxy) is 1. The highest BCUT2D eigenvalue weighted by molar-refractivity contribution is 7.22. The first-order valence-electron chi connectivity index (χ1n) is 10.4. The quantitative estimate of drug-likeness (QED) is 0.330. The van der Waals surface area contributed by atoms with Gasteiger partial charge in [-0.1, -0.05) is 53.1 Å². The summed E-state index contributed by atoms with van der Waals surface area (Å²) in [6.07, 6.45) is 0.474. The number of rotatable bonds is 7.